The van der Waals surface area contributed by atoms with Crippen LogP contribution in [-0.2, 0) is 6.42 Å². The van der Waals surface area contributed by atoms with E-state index in [1.165, 1.54) is 5.56 Å². The Balaban J connectivity index is 2.33. The molecule has 0 aliphatic carbocycles. The van der Waals surface area contributed by atoms with Gasteiger partial charge < -0.3 is 15.9 Å². The van der Waals surface area contributed by atoms with Gasteiger partial charge in [0, 0.05) is 0 Å². The number of rotatable bonds is 6. The molecule has 0 aliphatic heterocycles. The lowest BCUT2D eigenvalue weighted by Gasteiger charge is -2.24. The molecule has 0 saturated heterocycles. The third-order valence-corrected chi connectivity index (χ3v) is 2.61. The van der Waals surface area contributed by atoms with Crippen molar-refractivity contribution in [1.29, 1.82) is 0 Å². The predicted octanol–water partition coefficient (Wildman–Crippen LogP) is 0.691. The molecule has 0 heterocycles. The van der Waals surface area contributed by atoms with Crippen molar-refractivity contribution in [2.75, 3.05) is 13.2 Å². The van der Waals surface area contributed by atoms with Gasteiger partial charge in [0.2, 0.25) is 0 Å². The molecule has 3 nitrogen and oxygen atoms in total. The molecule has 1 aromatic carbocycles. The number of aryl methyl sites for hydroxylation is 1. The van der Waals surface area contributed by atoms with Crippen LogP contribution >= 0.6 is 0 Å². The lowest BCUT2D eigenvalue weighted by Crippen LogP contribution is -2.47. The van der Waals surface area contributed by atoms with Gasteiger partial charge in [0.05, 0.1) is 18.8 Å². The van der Waals surface area contributed by atoms with Crippen molar-refractivity contribution in [2.45, 2.75) is 24.8 Å². The molecule has 0 fully saturated rings. The van der Waals surface area contributed by atoms with Gasteiger partial charge >= 0.3 is 0 Å². The molecular formula is C12H19NO2. The molecule has 0 radical (unpaired) electrons. The minimum Gasteiger partial charge on any atom is -0.394 e. The summed E-state index contributed by atoms with van der Waals surface area (Å²) in [5, 5.41) is 18.0. The third kappa shape index (κ3) is 4.00. The fourth-order valence-corrected chi connectivity index (χ4v) is 1.50. The van der Waals surface area contributed by atoms with Gasteiger partial charge in [-0.05, 0) is 24.8 Å². The Morgan fingerprint density at radius 1 is 1.07 bits per heavy atom. The zero-order chi connectivity index (χ0) is 11.1. The molecule has 15 heavy (non-hydrogen) atoms. The van der Waals surface area contributed by atoms with Crippen LogP contribution in [-0.4, -0.2) is 29.0 Å². The Labute approximate surface area is 90.5 Å². The third-order valence-electron chi connectivity index (χ3n) is 2.61. The van der Waals surface area contributed by atoms with Crippen LogP contribution in [0.15, 0.2) is 30.3 Å². The highest BCUT2D eigenvalue weighted by Gasteiger charge is 2.21. The van der Waals surface area contributed by atoms with E-state index in [1.807, 2.05) is 18.2 Å². The smallest absolute Gasteiger partial charge is 0.0633 e. The van der Waals surface area contributed by atoms with Gasteiger partial charge in [-0.1, -0.05) is 30.3 Å². The van der Waals surface area contributed by atoms with Crippen molar-refractivity contribution in [2.24, 2.45) is 5.73 Å². The molecule has 0 saturated carbocycles. The van der Waals surface area contributed by atoms with Crippen LogP contribution < -0.4 is 5.73 Å². The van der Waals surface area contributed by atoms with E-state index in [2.05, 4.69) is 12.1 Å². The summed E-state index contributed by atoms with van der Waals surface area (Å²) in [5.41, 5.74) is 6.20. The Hall–Kier alpha value is -0.900. The van der Waals surface area contributed by atoms with Gasteiger partial charge in [0.15, 0.2) is 0 Å². The summed E-state index contributed by atoms with van der Waals surface area (Å²) in [6, 6.07) is 10.1. The Bertz CT molecular complexity index is 270. The highest BCUT2D eigenvalue weighted by molar-refractivity contribution is 5.14. The highest BCUT2D eigenvalue weighted by Crippen LogP contribution is 2.11. The van der Waals surface area contributed by atoms with Gasteiger partial charge in [-0.3, -0.25) is 0 Å². The number of nitrogens with two attached hydrogens (primary N) is 1. The molecule has 4 N–H and O–H groups in total. The van der Waals surface area contributed by atoms with Crippen molar-refractivity contribution < 1.29 is 10.2 Å². The van der Waals surface area contributed by atoms with Gasteiger partial charge in [-0.25, -0.2) is 0 Å². The maximum Gasteiger partial charge on any atom is 0.0633 e. The molecule has 0 unspecified atom stereocenters. The van der Waals surface area contributed by atoms with Gasteiger partial charge in [0.1, 0.15) is 0 Å². The normalized spacial score (nSPS) is 11.7. The second kappa shape index (κ2) is 5.85. The molecule has 0 bridgehead atoms. The number of aliphatic hydroxyl groups excluding tert-OH is 2. The molecule has 0 atom stereocenters. The molecule has 3 heteroatoms. The quantitative estimate of drug-likeness (QED) is 0.646. The summed E-state index contributed by atoms with van der Waals surface area (Å²) in [7, 11) is 0. The maximum atomic E-state index is 9.00. The lowest BCUT2D eigenvalue weighted by molar-refractivity contribution is 0.113. The summed E-state index contributed by atoms with van der Waals surface area (Å²) >= 11 is 0. The van der Waals surface area contributed by atoms with Crippen LogP contribution in [0.3, 0.4) is 0 Å². The minimum absolute atomic E-state index is 0.168. The fourth-order valence-electron chi connectivity index (χ4n) is 1.50. The van der Waals surface area contributed by atoms with E-state index in [4.69, 9.17) is 15.9 Å². The summed E-state index contributed by atoms with van der Waals surface area (Å²) in [4.78, 5) is 0. The van der Waals surface area contributed by atoms with Crippen LogP contribution in [0.2, 0.25) is 0 Å². The van der Waals surface area contributed by atoms with Gasteiger partial charge in [0.25, 0.3) is 0 Å². The first kappa shape index (κ1) is 12.2. The number of aliphatic hydroxyl groups is 2. The summed E-state index contributed by atoms with van der Waals surface area (Å²) in [6.07, 6.45) is 2.44. The monoisotopic (exact) mass is 209 g/mol. The van der Waals surface area contributed by atoms with Crippen LogP contribution in [0.25, 0.3) is 0 Å². The first-order chi connectivity index (χ1) is 7.20. The Kier molecular flexibility index (Phi) is 4.75. The largest absolute Gasteiger partial charge is 0.394 e. The van der Waals surface area contributed by atoms with E-state index in [0.717, 1.165) is 12.8 Å². The molecule has 0 spiro atoms. The van der Waals surface area contributed by atoms with Gasteiger partial charge in [-0.15, -0.1) is 0 Å². The highest BCUT2D eigenvalue weighted by atomic mass is 16.3. The molecular weight excluding hydrogens is 190 g/mol. The van der Waals surface area contributed by atoms with Crippen LogP contribution in [0.5, 0.6) is 0 Å². The number of hydrogen-bond acceptors (Lipinski definition) is 3. The first-order valence-electron chi connectivity index (χ1n) is 5.25. The van der Waals surface area contributed by atoms with Crippen molar-refractivity contribution in [3.05, 3.63) is 35.9 Å². The SMILES string of the molecule is NC(CO)(CO)CCCc1ccccc1. The average molecular weight is 209 g/mol. The molecule has 0 aliphatic rings. The summed E-state index contributed by atoms with van der Waals surface area (Å²) in [6.45, 7) is -0.337. The van der Waals surface area contributed by atoms with E-state index in [1.54, 1.807) is 0 Å². The second-order valence-electron chi connectivity index (χ2n) is 4.02. The molecule has 0 amide bonds. The fraction of sp³-hybridized carbons (Fsp3) is 0.500. The van der Waals surface area contributed by atoms with Crippen LogP contribution in [0.1, 0.15) is 18.4 Å². The molecule has 1 aromatic rings. The van der Waals surface area contributed by atoms with E-state index in [-0.39, 0.29) is 13.2 Å². The van der Waals surface area contributed by atoms with E-state index in [0.29, 0.717) is 6.42 Å². The van der Waals surface area contributed by atoms with Crippen molar-refractivity contribution >= 4 is 0 Å². The Morgan fingerprint density at radius 3 is 2.20 bits per heavy atom. The number of benzene rings is 1. The molecule has 0 aromatic heterocycles. The van der Waals surface area contributed by atoms with Crippen LogP contribution in [0.4, 0.5) is 0 Å². The zero-order valence-electron chi connectivity index (χ0n) is 8.89. The standard InChI is InChI=1S/C12H19NO2/c13-12(9-14,10-15)8-4-7-11-5-2-1-3-6-11/h1-3,5-6,14-15H,4,7-10,13H2. The van der Waals surface area contributed by atoms with E-state index < -0.39 is 5.54 Å². The average Bonchev–Trinajstić information content (AvgIpc) is 2.30. The van der Waals surface area contributed by atoms with Crippen molar-refractivity contribution in [3.8, 4) is 0 Å². The topological polar surface area (TPSA) is 66.5 Å². The zero-order valence-corrected chi connectivity index (χ0v) is 8.89. The van der Waals surface area contributed by atoms with Gasteiger partial charge in [-0.2, -0.15) is 0 Å². The molecule has 1 rings (SSSR count). The second-order valence-corrected chi connectivity index (χ2v) is 4.02. The van der Waals surface area contributed by atoms with E-state index >= 15 is 0 Å². The maximum absolute atomic E-state index is 9.00. The first-order valence-corrected chi connectivity index (χ1v) is 5.25. The van der Waals surface area contributed by atoms with Crippen molar-refractivity contribution in [3.63, 3.8) is 0 Å². The van der Waals surface area contributed by atoms with Crippen molar-refractivity contribution in [1.82, 2.24) is 0 Å². The minimum atomic E-state index is -0.825. The predicted molar refractivity (Wildman–Crippen MR) is 60.5 cm³/mol. The summed E-state index contributed by atoms with van der Waals surface area (Å²) < 4.78 is 0. The van der Waals surface area contributed by atoms with Crippen LogP contribution in [0, 0.1) is 0 Å². The Morgan fingerprint density at radius 2 is 1.67 bits per heavy atom. The lowest BCUT2D eigenvalue weighted by atomic mass is 9.94. The number of hydrogen-bond donors (Lipinski definition) is 3. The summed E-state index contributed by atoms with van der Waals surface area (Å²) in [5.74, 6) is 0. The van der Waals surface area contributed by atoms with E-state index in [9.17, 15) is 0 Å². The molecule has 84 valence electrons.